The Morgan fingerprint density at radius 1 is 1.38 bits per heavy atom. The smallest absolute Gasteiger partial charge is 0.295 e. The number of hydrogen-bond donors (Lipinski definition) is 0. The molecule has 0 radical (unpaired) electrons. The van der Waals surface area contributed by atoms with E-state index in [0.717, 1.165) is 6.54 Å². The molecule has 2 aliphatic rings. The van der Waals surface area contributed by atoms with E-state index in [1.165, 1.54) is 4.90 Å². The summed E-state index contributed by atoms with van der Waals surface area (Å²) in [5.74, 6) is -2.93. The van der Waals surface area contributed by atoms with Gasteiger partial charge in [0.2, 0.25) is 5.96 Å². The van der Waals surface area contributed by atoms with Gasteiger partial charge in [-0.25, -0.2) is 13.2 Å². The Kier molecular flexibility index (Phi) is 8.24. The minimum absolute atomic E-state index is 0.0742. The maximum absolute atomic E-state index is 14.4. The molecular weight excluding hydrogens is 383 g/mol. The topological polar surface area (TPSA) is 51.5 Å². The molecule has 6 nitrogen and oxygen atoms in total. The highest BCUT2D eigenvalue weighted by Gasteiger charge is 2.48. The zero-order valence-electron chi connectivity index (χ0n) is 17.8. The molecule has 164 valence electrons. The number of carbonyl (C=O) groups is 1. The van der Waals surface area contributed by atoms with Gasteiger partial charge in [0.1, 0.15) is 11.9 Å². The molecule has 0 saturated carbocycles. The van der Waals surface area contributed by atoms with Gasteiger partial charge in [0.05, 0.1) is 6.54 Å². The standard InChI is InChI=1S/C20H32F3N5O/c1-5-24-18-9-12-27-11-8-17(20(22,23)14-21)28(19(27)25-18)13-16(29)15(3)7-10-26(4)6-2/h7,17H,5-6,8-14H2,1-4H3. The molecule has 0 aromatic heterocycles. The Labute approximate surface area is 171 Å². The number of hydrogen-bond acceptors (Lipinski definition) is 5. The van der Waals surface area contributed by atoms with Crippen LogP contribution in [-0.2, 0) is 4.79 Å². The second-order valence-corrected chi connectivity index (χ2v) is 7.53. The fourth-order valence-corrected chi connectivity index (χ4v) is 3.43. The van der Waals surface area contributed by atoms with Crippen molar-refractivity contribution >= 4 is 17.6 Å². The van der Waals surface area contributed by atoms with Crippen LogP contribution in [0.1, 0.15) is 33.6 Å². The molecular formula is C20H32F3N5O. The van der Waals surface area contributed by atoms with E-state index in [4.69, 9.17) is 0 Å². The number of halogens is 3. The third-order valence-electron chi connectivity index (χ3n) is 5.43. The highest BCUT2D eigenvalue weighted by molar-refractivity contribution is 6.02. The molecule has 0 amide bonds. The first-order valence-corrected chi connectivity index (χ1v) is 10.2. The Hall–Kier alpha value is -1.90. The van der Waals surface area contributed by atoms with E-state index in [9.17, 15) is 18.0 Å². The van der Waals surface area contributed by atoms with E-state index in [-0.39, 0.29) is 18.7 Å². The molecule has 2 aliphatic heterocycles. The molecule has 9 heteroatoms. The van der Waals surface area contributed by atoms with E-state index >= 15 is 0 Å². The predicted molar refractivity (Wildman–Crippen MR) is 110 cm³/mol. The Balaban J connectivity index is 2.31. The lowest BCUT2D eigenvalue weighted by molar-refractivity contribution is -0.121. The number of ketones is 1. The van der Waals surface area contributed by atoms with Gasteiger partial charge in [0.25, 0.3) is 5.92 Å². The van der Waals surface area contributed by atoms with E-state index in [1.54, 1.807) is 13.0 Å². The molecule has 1 fully saturated rings. The Morgan fingerprint density at radius 2 is 2.10 bits per heavy atom. The number of carbonyl (C=O) groups excluding carboxylic acids is 1. The Morgan fingerprint density at radius 3 is 2.72 bits per heavy atom. The van der Waals surface area contributed by atoms with Crippen molar-refractivity contribution in [3.8, 4) is 0 Å². The molecule has 1 atom stereocenters. The lowest BCUT2D eigenvalue weighted by Crippen LogP contribution is -2.63. The molecule has 2 rings (SSSR count). The molecule has 0 aromatic rings. The summed E-state index contributed by atoms with van der Waals surface area (Å²) in [7, 11) is 1.93. The molecule has 1 saturated heterocycles. The number of nitrogens with zero attached hydrogens (tertiary/aromatic N) is 5. The van der Waals surface area contributed by atoms with E-state index in [0.29, 0.717) is 50.0 Å². The van der Waals surface area contributed by atoms with Crippen molar-refractivity contribution in [2.24, 2.45) is 9.98 Å². The highest BCUT2D eigenvalue weighted by Crippen LogP contribution is 2.32. The molecule has 2 heterocycles. The summed E-state index contributed by atoms with van der Waals surface area (Å²) < 4.78 is 41.9. The number of fused-ring (bicyclic) bond motifs is 1. The van der Waals surface area contributed by atoms with Gasteiger partial charge >= 0.3 is 0 Å². The van der Waals surface area contributed by atoms with Crippen LogP contribution in [0.25, 0.3) is 0 Å². The lowest BCUT2D eigenvalue weighted by Gasteiger charge is -2.47. The fraction of sp³-hybridized carbons (Fsp3) is 0.750. The normalized spacial score (nSPS) is 22.2. The number of likely N-dealkylation sites (N-methyl/N-ethyl adjacent to an activating group) is 1. The van der Waals surface area contributed by atoms with Crippen LogP contribution in [-0.4, -0.2) is 97.2 Å². The summed E-state index contributed by atoms with van der Waals surface area (Å²) in [5, 5.41) is 0. The first-order valence-electron chi connectivity index (χ1n) is 10.2. The molecule has 1 unspecified atom stereocenters. The van der Waals surface area contributed by atoms with Crippen LogP contribution in [0.15, 0.2) is 21.6 Å². The predicted octanol–water partition coefficient (Wildman–Crippen LogP) is 2.61. The minimum atomic E-state index is -3.55. The van der Waals surface area contributed by atoms with Gasteiger partial charge < -0.3 is 14.7 Å². The van der Waals surface area contributed by atoms with Crippen LogP contribution >= 0.6 is 0 Å². The molecule has 0 aliphatic carbocycles. The van der Waals surface area contributed by atoms with Crippen molar-refractivity contribution in [1.29, 1.82) is 0 Å². The molecule has 0 bridgehead atoms. The van der Waals surface area contributed by atoms with Crippen molar-refractivity contribution in [2.45, 2.75) is 45.6 Å². The zero-order chi connectivity index (χ0) is 21.6. The maximum Gasteiger partial charge on any atom is 0.295 e. The average molecular weight is 416 g/mol. The van der Waals surface area contributed by atoms with Gasteiger partial charge in [-0.2, -0.15) is 4.99 Å². The van der Waals surface area contributed by atoms with Crippen molar-refractivity contribution in [3.05, 3.63) is 11.6 Å². The second-order valence-electron chi connectivity index (χ2n) is 7.53. The van der Waals surface area contributed by atoms with Crippen molar-refractivity contribution in [3.63, 3.8) is 0 Å². The van der Waals surface area contributed by atoms with Gasteiger partial charge in [0.15, 0.2) is 12.5 Å². The average Bonchev–Trinajstić information content (AvgIpc) is 2.71. The third-order valence-corrected chi connectivity index (χ3v) is 5.43. The van der Waals surface area contributed by atoms with Crippen LogP contribution in [0.5, 0.6) is 0 Å². The van der Waals surface area contributed by atoms with Crippen molar-refractivity contribution < 1.29 is 18.0 Å². The maximum atomic E-state index is 14.4. The van der Waals surface area contributed by atoms with E-state index < -0.39 is 18.6 Å². The number of aliphatic imine (C=N–C) groups is 2. The number of rotatable bonds is 9. The summed E-state index contributed by atoms with van der Waals surface area (Å²) in [6.45, 7) is 6.49. The van der Waals surface area contributed by atoms with E-state index in [1.807, 2.05) is 30.7 Å². The van der Waals surface area contributed by atoms with Crippen LogP contribution in [0.2, 0.25) is 0 Å². The number of alkyl halides is 3. The number of guanidine groups is 1. The monoisotopic (exact) mass is 415 g/mol. The lowest BCUT2D eigenvalue weighted by atomic mass is 10.0. The molecule has 0 aromatic carbocycles. The summed E-state index contributed by atoms with van der Waals surface area (Å²) in [6, 6.07) is -1.40. The third kappa shape index (κ3) is 5.81. The van der Waals surface area contributed by atoms with E-state index in [2.05, 4.69) is 9.98 Å². The number of Topliss-reactive ketones (excluding diaryl/α,β-unsaturated/α-hetero) is 1. The van der Waals surface area contributed by atoms with Crippen molar-refractivity contribution in [1.82, 2.24) is 14.7 Å². The van der Waals surface area contributed by atoms with Gasteiger partial charge in [-0.3, -0.25) is 9.79 Å². The number of amidine groups is 1. The first-order chi connectivity index (χ1) is 13.7. The fourth-order valence-electron chi connectivity index (χ4n) is 3.43. The van der Waals surface area contributed by atoms with Gasteiger partial charge in [0, 0.05) is 32.6 Å². The highest BCUT2D eigenvalue weighted by atomic mass is 19.3. The zero-order valence-corrected chi connectivity index (χ0v) is 17.8. The van der Waals surface area contributed by atoms with Crippen LogP contribution in [0.4, 0.5) is 13.2 Å². The van der Waals surface area contributed by atoms with Crippen LogP contribution in [0, 0.1) is 0 Å². The van der Waals surface area contributed by atoms with Crippen molar-refractivity contribution in [2.75, 3.05) is 53.0 Å². The summed E-state index contributed by atoms with van der Waals surface area (Å²) in [6.07, 6.45) is 2.50. The molecule has 0 N–H and O–H groups in total. The second kappa shape index (κ2) is 10.2. The van der Waals surface area contributed by atoms with Crippen LogP contribution < -0.4 is 0 Å². The summed E-state index contributed by atoms with van der Waals surface area (Å²) in [5.41, 5.74) is 0.503. The van der Waals surface area contributed by atoms with Gasteiger partial charge in [-0.05, 0) is 39.4 Å². The van der Waals surface area contributed by atoms with Gasteiger partial charge in [-0.15, -0.1) is 0 Å². The first kappa shape index (κ1) is 23.4. The SMILES string of the molecule is CCN=C1CCN2CCC(C(F)(F)CF)N(CC(=O)C(C)=CCN(C)CC)C2=N1. The molecule has 29 heavy (non-hydrogen) atoms. The van der Waals surface area contributed by atoms with Crippen LogP contribution in [0.3, 0.4) is 0 Å². The van der Waals surface area contributed by atoms with Gasteiger partial charge in [-0.1, -0.05) is 13.0 Å². The summed E-state index contributed by atoms with van der Waals surface area (Å²) in [4.78, 5) is 26.7. The summed E-state index contributed by atoms with van der Waals surface area (Å²) >= 11 is 0. The Bertz CT molecular complexity index is 677. The molecule has 0 spiro atoms. The quantitative estimate of drug-likeness (QED) is 0.544. The largest absolute Gasteiger partial charge is 0.342 e. The minimum Gasteiger partial charge on any atom is -0.342 e.